The van der Waals surface area contributed by atoms with E-state index in [9.17, 15) is 9.59 Å². The van der Waals surface area contributed by atoms with Crippen LogP contribution in [0, 0.1) is 0 Å². The van der Waals surface area contributed by atoms with Crippen molar-refractivity contribution in [1.29, 1.82) is 0 Å². The number of fused-ring (bicyclic) bond motifs is 1. The third-order valence-corrected chi connectivity index (χ3v) is 4.13. The van der Waals surface area contributed by atoms with Gasteiger partial charge < -0.3 is 5.32 Å². The van der Waals surface area contributed by atoms with Crippen molar-refractivity contribution in [3.63, 3.8) is 0 Å². The summed E-state index contributed by atoms with van der Waals surface area (Å²) in [4.78, 5) is 29.2. The Kier molecular flexibility index (Phi) is 3.74. The van der Waals surface area contributed by atoms with E-state index >= 15 is 0 Å². The molecule has 0 fully saturated rings. The molecule has 3 aromatic rings. The van der Waals surface area contributed by atoms with E-state index in [1.165, 1.54) is 6.33 Å². The first-order chi connectivity index (χ1) is 12.2. The molecule has 124 valence electrons. The minimum atomic E-state index is -0.802. The number of carbonyl (C=O) groups excluding carboxylic acids is 2. The molecule has 0 radical (unpaired) electrons. The summed E-state index contributed by atoms with van der Waals surface area (Å²) >= 11 is 0. The molecule has 2 aromatic carbocycles. The first-order valence-corrected chi connectivity index (χ1v) is 7.85. The molecule has 2 heterocycles. The number of amides is 2. The number of nitrogens with one attached hydrogen (secondary N) is 2. The van der Waals surface area contributed by atoms with Gasteiger partial charge >= 0.3 is 0 Å². The van der Waals surface area contributed by atoms with Crippen LogP contribution in [0.4, 0.5) is 5.95 Å². The fourth-order valence-corrected chi connectivity index (χ4v) is 2.96. The zero-order chi connectivity index (χ0) is 17.2. The lowest BCUT2D eigenvalue weighted by molar-refractivity contribution is -0.119. The fraction of sp³-hybridized carbons (Fsp3) is 0.111. The Morgan fingerprint density at radius 2 is 1.72 bits per heavy atom. The van der Waals surface area contributed by atoms with E-state index in [1.54, 1.807) is 28.9 Å². The molecule has 0 bridgehead atoms. The maximum absolute atomic E-state index is 12.6. The minimum absolute atomic E-state index is 0.315. The van der Waals surface area contributed by atoms with Crippen LogP contribution in [-0.4, -0.2) is 32.6 Å². The predicted molar refractivity (Wildman–Crippen MR) is 90.9 cm³/mol. The molecule has 4 rings (SSSR count). The van der Waals surface area contributed by atoms with Gasteiger partial charge in [-0.2, -0.15) is 10.1 Å². The fourth-order valence-electron chi connectivity index (χ4n) is 2.96. The van der Waals surface area contributed by atoms with Gasteiger partial charge in [-0.25, -0.2) is 4.68 Å². The molecular formula is C18H15N5O2. The summed E-state index contributed by atoms with van der Waals surface area (Å²) in [6.45, 7) is 0. The van der Waals surface area contributed by atoms with Crippen molar-refractivity contribution in [3.05, 3.63) is 78.1 Å². The van der Waals surface area contributed by atoms with Crippen LogP contribution >= 0.6 is 0 Å². The second kappa shape index (κ2) is 6.20. The Morgan fingerprint density at radius 1 is 1.04 bits per heavy atom. The van der Waals surface area contributed by atoms with Crippen LogP contribution < -0.4 is 10.6 Å². The van der Waals surface area contributed by atoms with Gasteiger partial charge in [0.25, 0.3) is 11.8 Å². The number of anilines is 1. The standard InChI is InChI=1S/C18H15N5O2/c24-16(13-9-5-2-6-10-13)21-14-15(12-7-3-1-4-8-12)23-18(19-11-20-23)22-17(14)25/h1-11,14-15H,(H,21,24)(H,19,20,22,25). The Bertz CT molecular complexity index is 907. The molecule has 2 N–H and O–H groups in total. The number of benzene rings is 2. The highest BCUT2D eigenvalue weighted by molar-refractivity contribution is 6.01. The Balaban J connectivity index is 1.72. The Hall–Kier alpha value is -3.48. The van der Waals surface area contributed by atoms with Crippen LogP contribution in [0.2, 0.25) is 0 Å². The lowest BCUT2D eigenvalue weighted by atomic mass is 9.97. The third kappa shape index (κ3) is 2.76. The highest BCUT2D eigenvalue weighted by Crippen LogP contribution is 2.28. The van der Waals surface area contributed by atoms with E-state index in [2.05, 4.69) is 20.7 Å². The number of aromatic nitrogens is 3. The van der Waals surface area contributed by atoms with Crippen molar-refractivity contribution in [1.82, 2.24) is 20.1 Å². The zero-order valence-electron chi connectivity index (χ0n) is 13.2. The second-order valence-electron chi connectivity index (χ2n) is 5.69. The average molecular weight is 333 g/mol. The molecule has 0 saturated carbocycles. The molecule has 1 aromatic heterocycles. The van der Waals surface area contributed by atoms with Crippen LogP contribution in [0.1, 0.15) is 22.0 Å². The molecule has 0 spiro atoms. The van der Waals surface area contributed by atoms with Gasteiger partial charge in [-0.1, -0.05) is 48.5 Å². The number of hydrogen-bond acceptors (Lipinski definition) is 4. The van der Waals surface area contributed by atoms with Crippen LogP contribution in [-0.2, 0) is 4.79 Å². The molecule has 1 aliphatic rings. The molecule has 0 saturated heterocycles. The van der Waals surface area contributed by atoms with Crippen molar-refractivity contribution >= 4 is 17.8 Å². The molecule has 25 heavy (non-hydrogen) atoms. The van der Waals surface area contributed by atoms with Gasteiger partial charge in [-0.3, -0.25) is 14.9 Å². The van der Waals surface area contributed by atoms with Gasteiger partial charge in [0.05, 0.1) is 0 Å². The van der Waals surface area contributed by atoms with Crippen LogP contribution in [0.3, 0.4) is 0 Å². The van der Waals surface area contributed by atoms with E-state index < -0.39 is 12.1 Å². The normalized spacial score (nSPS) is 19.0. The van der Waals surface area contributed by atoms with Crippen LogP contribution in [0.25, 0.3) is 0 Å². The minimum Gasteiger partial charge on any atom is -0.338 e. The molecular weight excluding hydrogens is 318 g/mol. The second-order valence-corrected chi connectivity index (χ2v) is 5.69. The molecule has 7 heteroatoms. The van der Waals surface area contributed by atoms with Gasteiger partial charge in [0.15, 0.2) is 0 Å². The van der Waals surface area contributed by atoms with Crippen molar-refractivity contribution in [3.8, 4) is 0 Å². The summed E-state index contributed by atoms with van der Waals surface area (Å²) in [5.41, 5.74) is 1.36. The SMILES string of the molecule is O=C(NC1C(=O)Nc2ncnn2C1c1ccccc1)c1ccccc1. The summed E-state index contributed by atoms with van der Waals surface area (Å²) in [7, 11) is 0. The topological polar surface area (TPSA) is 88.9 Å². The van der Waals surface area contributed by atoms with Crippen molar-refractivity contribution < 1.29 is 9.59 Å². The maximum Gasteiger partial charge on any atom is 0.252 e. The Labute approximate surface area is 143 Å². The third-order valence-electron chi connectivity index (χ3n) is 4.13. The summed E-state index contributed by atoms with van der Waals surface area (Å²) in [5, 5.41) is 9.73. The molecule has 2 unspecified atom stereocenters. The van der Waals surface area contributed by atoms with E-state index in [-0.39, 0.29) is 11.8 Å². The van der Waals surface area contributed by atoms with E-state index in [4.69, 9.17) is 0 Å². The average Bonchev–Trinajstić information content (AvgIpc) is 3.11. The van der Waals surface area contributed by atoms with Crippen molar-refractivity contribution in [2.75, 3.05) is 5.32 Å². The molecule has 7 nitrogen and oxygen atoms in total. The largest absolute Gasteiger partial charge is 0.338 e. The van der Waals surface area contributed by atoms with Crippen LogP contribution in [0.5, 0.6) is 0 Å². The van der Waals surface area contributed by atoms with Gasteiger partial charge in [0.2, 0.25) is 5.95 Å². The van der Waals surface area contributed by atoms with Crippen LogP contribution in [0.15, 0.2) is 67.0 Å². The van der Waals surface area contributed by atoms with Gasteiger partial charge in [-0.15, -0.1) is 0 Å². The summed E-state index contributed by atoms with van der Waals surface area (Å²) in [6.07, 6.45) is 1.38. The number of nitrogens with zero attached hydrogens (tertiary/aromatic N) is 3. The smallest absolute Gasteiger partial charge is 0.252 e. The van der Waals surface area contributed by atoms with E-state index in [0.29, 0.717) is 11.5 Å². The number of carbonyl (C=O) groups is 2. The van der Waals surface area contributed by atoms with E-state index in [1.807, 2.05) is 36.4 Å². The van der Waals surface area contributed by atoms with Gasteiger partial charge in [0, 0.05) is 5.56 Å². The van der Waals surface area contributed by atoms with Gasteiger partial charge in [-0.05, 0) is 17.7 Å². The van der Waals surface area contributed by atoms with E-state index in [0.717, 1.165) is 5.56 Å². The van der Waals surface area contributed by atoms with Crippen molar-refractivity contribution in [2.24, 2.45) is 0 Å². The van der Waals surface area contributed by atoms with Gasteiger partial charge in [0.1, 0.15) is 18.4 Å². The predicted octanol–water partition coefficient (Wildman–Crippen LogP) is 1.62. The number of rotatable bonds is 3. The Morgan fingerprint density at radius 3 is 2.44 bits per heavy atom. The highest BCUT2D eigenvalue weighted by atomic mass is 16.2. The lowest BCUT2D eigenvalue weighted by Crippen LogP contribution is -2.53. The van der Waals surface area contributed by atoms with Crippen molar-refractivity contribution in [2.45, 2.75) is 12.1 Å². The molecule has 2 atom stereocenters. The summed E-state index contributed by atoms with van der Waals surface area (Å²) < 4.78 is 1.62. The lowest BCUT2D eigenvalue weighted by Gasteiger charge is -2.32. The summed E-state index contributed by atoms with van der Waals surface area (Å²) in [6, 6.07) is 17.0. The first-order valence-electron chi connectivity index (χ1n) is 7.85. The highest BCUT2D eigenvalue weighted by Gasteiger charge is 2.39. The quantitative estimate of drug-likeness (QED) is 0.762. The molecule has 2 amide bonds. The monoisotopic (exact) mass is 333 g/mol. The first kappa shape index (κ1) is 15.1. The maximum atomic E-state index is 12.6. The summed E-state index contributed by atoms with van der Waals surface area (Å²) in [5.74, 6) is -0.270. The molecule has 0 aliphatic carbocycles. The number of hydrogen-bond donors (Lipinski definition) is 2. The zero-order valence-corrected chi connectivity index (χ0v) is 13.2. The molecule has 1 aliphatic heterocycles.